The van der Waals surface area contributed by atoms with Crippen LogP contribution in [0.2, 0.25) is 0 Å². The highest BCUT2D eigenvalue weighted by atomic mass is 16.7. The fraction of sp³-hybridized carbons (Fsp3) is 0.875. The Hall–Kier alpha value is -1.53. The van der Waals surface area contributed by atoms with Gasteiger partial charge in [0.05, 0.1) is 32.0 Å². The van der Waals surface area contributed by atoms with E-state index in [-0.39, 0.29) is 18.9 Å². The summed E-state index contributed by atoms with van der Waals surface area (Å²) in [6, 6.07) is -0.921. The molecule has 2 aliphatic heterocycles. The molecular formula is C40H73NO13. The Kier molecular flexibility index (Phi) is 25.9. The van der Waals surface area contributed by atoms with Gasteiger partial charge in [-0.3, -0.25) is 4.79 Å². The third-order valence-corrected chi connectivity index (χ3v) is 10.1. The van der Waals surface area contributed by atoms with Gasteiger partial charge in [-0.05, 0) is 32.1 Å². The van der Waals surface area contributed by atoms with E-state index < -0.39 is 86.8 Å². The molecule has 54 heavy (non-hydrogen) atoms. The van der Waals surface area contributed by atoms with Gasteiger partial charge in [0, 0.05) is 6.42 Å². The van der Waals surface area contributed by atoms with Gasteiger partial charge in [0.1, 0.15) is 48.8 Å². The zero-order valence-corrected chi connectivity index (χ0v) is 32.7. The number of carbonyl (C=O) groups excluding carboxylic acids is 1. The molecule has 2 heterocycles. The Labute approximate surface area is 322 Å². The first-order valence-electron chi connectivity index (χ1n) is 20.6. The number of aliphatic hydroxyl groups excluding tert-OH is 8. The standard InChI is InChI=1S/C40H73NO13/c1-3-5-7-8-9-10-11-12-13-14-15-16-17-18-19-20-22-23-29(44)28(41-32(45)24-21-6-4-2)27-51-39-37(50)35(48)38(31(26-43)53-39)54-40-36(49)34(47)33(46)30(25-42)52-40/h17-18,22-23,28-31,33-40,42-44,46-50H,3-16,19-21,24-27H2,1-2H3,(H,41,45)/b18-17+,23-22+. The molecule has 12 atom stereocenters. The van der Waals surface area contributed by atoms with E-state index >= 15 is 0 Å². The molecule has 0 aromatic rings. The Bertz CT molecular complexity index is 1010. The number of carbonyl (C=O) groups is 1. The van der Waals surface area contributed by atoms with E-state index in [1.54, 1.807) is 6.08 Å². The maximum absolute atomic E-state index is 12.7. The molecule has 0 bridgehead atoms. The van der Waals surface area contributed by atoms with E-state index in [1.807, 2.05) is 13.0 Å². The average Bonchev–Trinajstić information content (AvgIpc) is 3.16. The predicted molar refractivity (Wildman–Crippen MR) is 203 cm³/mol. The van der Waals surface area contributed by atoms with Crippen LogP contribution in [0.25, 0.3) is 0 Å². The SMILES string of the molecule is CCCCCCCCCCCCC/C=C/CC/C=C/C(O)C(COC1OC(CO)C(OC2OC(CO)C(O)C(O)C2O)C(O)C1O)NC(=O)CCCCC. The Morgan fingerprint density at radius 3 is 1.81 bits per heavy atom. The average molecular weight is 776 g/mol. The number of rotatable bonds is 29. The van der Waals surface area contributed by atoms with Gasteiger partial charge in [-0.1, -0.05) is 115 Å². The van der Waals surface area contributed by atoms with Crippen LogP contribution in [-0.4, -0.2) is 140 Å². The van der Waals surface area contributed by atoms with Crippen LogP contribution in [0.1, 0.15) is 129 Å². The number of ether oxygens (including phenoxy) is 4. The quantitative estimate of drug-likeness (QED) is 0.0394. The first-order chi connectivity index (χ1) is 26.1. The molecule has 14 nitrogen and oxygen atoms in total. The van der Waals surface area contributed by atoms with Crippen molar-refractivity contribution in [2.45, 2.75) is 203 Å². The lowest BCUT2D eigenvalue weighted by molar-refractivity contribution is -0.359. The first kappa shape index (κ1) is 48.6. The van der Waals surface area contributed by atoms with Crippen LogP contribution >= 0.6 is 0 Å². The number of hydrogen-bond donors (Lipinski definition) is 9. The van der Waals surface area contributed by atoms with Gasteiger partial charge in [0.25, 0.3) is 0 Å². The summed E-state index contributed by atoms with van der Waals surface area (Å²) in [4.78, 5) is 12.7. The molecule has 0 spiro atoms. The summed E-state index contributed by atoms with van der Waals surface area (Å²) >= 11 is 0. The largest absolute Gasteiger partial charge is 0.394 e. The summed E-state index contributed by atoms with van der Waals surface area (Å²) in [5, 5.41) is 85.7. The number of nitrogens with one attached hydrogen (secondary N) is 1. The van der Waals surface area contributed by atoms with Crippen LogP contribution in [0.15, 0.2) is 24.3 Å². The van der Waals surface area contributed by atoms with E-state index in [4.69, 9.17) is 18.9 Å². The van der Waals surface area contributed by atoms with Crippen molar-refractivity contribution >= 4 is 5.91 Å². The van der Waals surface area contributed by atoms with Crippen molar-refractivity contribution in [3.8, 4) is 0 Å². The summed E-state index contributed by atoms with van der Waals surface area (Å²) in [6.07, 6.45) is 10.5. The van der Waals surface area contributed by atoms with Gasteiger partial charge in [-0.25, -0.2) is 0 Å². The molecule has 0 aliphatic carbocycles. The Morgan fingerprint density at radius 2 is 1.19 bits per heavy atom. The van der Waals surface area contributed by atoms with Crippen LogP contribution in [0.5, 0.6) is 0 Å². The molecule has 9 N–H and O–H groups in total. The summed E-state index contributed by atoms with van der Waals surface area (Å²) in [5.74, 6) is -0.277. The Morgan fingerprint density at radius 1 is 0.648 bits per heavy atom. The molecule has 0 aromatic heterocycles. The molecule has 0 saturated carbocycles. The molecule has 2 fully saturated rings. The van der Waals surface area contributed by atoms with Crippen molar-refractivity contribution in [3.05, 3.63) is 24.3 Å². The second-order valence-electron chi connectivity index (χ2n) is 14.8. The van der Waals surface area contributed by atoms with Crippen LogP contribution in [0.4, 0.5) is 0 Å². The molecule has 2 saturated heterocycles. The molecular weight excluding hydrogens is 702 g/mol. The second-order valence-corrected chi connectivity index (χ2v) is 14.8. The van der Waals surface area contributed by atoms with Crippen molar-refractivity contribution in [1.82, 2.24) is 5.32 Å². The van der Waals surface area contributed by atoms with Gasteiger partial charge < -0.3 is 65.1 Å². The molecule has 14 heteroatoms. The van der Waals surface area contributed by atoms with Crippen molar-refractivity contribution in [1.29, 1.82) is 0 Å². The van der Waals surface area contributed by atoms with Crippen molar-refractivity contribution in [2.24, 2.45) is 0 Å². The minimum atomic E-state index is -1.79. The normalized spacial score (nSPS) is 30.3. The lowest BCUT2D eigenvalue weighted by atomic mass is 9.97. The maximum atomic E-state index is 12.7. The lowest BCUT2D eigenvalue weighted by Gasteiger charge is -2.46. The summed E-state index contributed by atoms with van der Waals surface area (Å²) in [5.41, 5.74) is 0. The van der Waals surface area contributed by atoms with Gasteiger partial charge >= 0.3 is 0 Å². The highest BCUT2D eigenvalue weighted by Crippen LogP contribution is 2.29. The molecule has 2 rings (SSSR count). The van der Waals surface area contributed by atoms with Gasteiger partial charge in [-0.15, -0.1) is 0 Å². The highest BCUT2D eigenvalue weighted by molar-refractivity contribution is 5.76. The maximum Gasteiger partial charge on any atom is 0.220 e. The summed E-state index contributed by atoms with van der Waals surface area (Å²) < 4.78 is 22.4. The molecule has 316 valence electrons. The van der Waals surface area contributed by atoms with Gasteiger partial charge in [0.15, 0.2) is 12.6 Å². The second kappa shape index (κ2) is 28.8. The van der Waals surface area contributed by atoms with E-state index in [0.717, 1.165) is 25.7 Å². The number of aliphatic hydroxyl groups is 8. The molecule has 1 amide bonds. The monoisotopic (exact) mass is 776 g/mol. The lowest BCUT2D eigenvalue weighted by Crippen LogP contribution is -2.65. The Balaban J connectivity index is 1.85. The third kappa shape index (κ3) is 17.7. The number of allylic oxidation sites excluding steroid dienone is 3. The van der Waals surface area contributed by atoms with E-state index in [0.29, 0.717) is 12.8 Å². The van der Waals surface area contributed by atoms with Crippen LogP contribution in [0.3, 0.4) is 0 Å². The molecule has 12 unspecified atom stereocenters. The fourth-order valence-corrected chi connectivity index (χ4v) is 6.66. The summed E-state index contributed by atoms with van der Waals surface area (Å²) in [7, 11) is 0. The van der Waals surface area contributed by atoms with Crippen molar-refractivity contribution < 1.29 is 64.6 Å². The third-order valence-electron chi connectivity index (χ3n) is 10.1. The van der Waals surface area contributed by atoms with E-state index in [2.05, 4.69) is 24.4 Å². The zero-order chi connectivity index (χ0) is 39.7. The topological polar surface area (TPSA) is 228 Å². The van der Waals surface area contributed by atoms with Gasteiger partial charge in [-0.2, -0.15) is 0 Å². The molecule has 2 aliphatic rings. The van der Waals surface area contributed by atoms with Crippen LogP contribution in [-0.2, 0) is 23.7 Å². The zero-order valence-electron chi connectivity index (χ0n) is 32.7. The van der Waals surface area contributed by atoms with Crippen molar-refractivity contribution in [3.63, 3.8) is 0 Å². The number of amides is 1. The summed E-state index contributed by atoms with van der Waals surface area (Å²) in [6.45, 7) is 2.54. The van der Waals surface area contributed by atoms with Crippen LogP contribution in [0, 0.1) is 0 Å². The minimum Gasteiger partial charge on any atom is -0.394 e. The smallest absolute Gasteiger partial charge is 0.220 e. The molecule has 0 radical (unpaired) electrons. The van der Waals surface area contributed by atoms with Crippen molar-refractivity contribution in [2.75, 3.05) is 19.8 Å². The predicted octanol–water partition coefficient (Wildman–Crippen LogP) is 2.65. The van der Waals surface area contributed by atoms with Gasteiger partial charge in [0.2, 0.25) is 5.91 Å². The fourth-order valence-electron chi connectivity index (χ4n) is 6.66. The van der Waals surface area contributed by atoms with Crippen LogP contribution < -0.4 is 5.32 Å². The number of unbranched alkanes of at least 4 members (excludes halogenated alkanes) is 14. The molecule has 0 aromatic carbocycles. The first-order valence-corrected chi connectivity index (χ1v) is 20.6. The highest BCUT2D eigenvalue weighted by Gasteiger charge is 2.50. The van der Waals surface area contributed by atoms with E-state index in [9.17, 15) is 45.6 Å². The number of hydrogen-bond acceptors (Lipinski definition) is 13. The van der Waals surface area contributed by atoms with E-state index in [1.165, 1.54) is 70.6 Å². The minimum absolute atomic E-state index is 0.259.